The molecule has 0 spiro atoms. The van der Waals surface area contributed by atoms with E-state index in [9.17, 15) is 0 Å². The fourth-order valence-electron chi connectivity index (χ4n) is 1.10. The number of hydrogen-bond donors (Lipinski definition) is 2. The van der Waals surface area contributed by atoms with Crippen LogP contribution in [0.25, 0.3) is 0 Å². The summed E-state index contributed by atoms with van der Waals surface area (Å²) in [4.78, 5) is 0. The number of rotatable bonds is 7. The van der Waals surface area contributed by atoms with Crippen LogP contribution in [0.4, 0.5) is 0 Å². The van der Waals surface area contributed by atoms with E-state index in [1.807, 2.05) is 0 Å². The summed E-state index contributed by atoms with van der Waals surface area (Å²) in [5.74, 6) is 1.49. The van der Waals surface area contributed by atoms with Crippen LogP contribution in [0.2, 0.25) is 0 Å². The third-order valence-corrected chi connectivity index (χ3v) is 1.88. The fraction of sp³-hybridized carbons (Fsp3) is 1.00. The van der Waals surface area contributed by atoms with Gasteiger partial charge in [0.15, 0.2) is 0 Å². The molecule has 0 heterocycles. The van der Waals surface area contributed by atoms with Crippen molar-refractivity contribution in [3.63, 3.8) is 0 Å². The molecule has 0 saturated heterocycles. The predicted octanol–water partition coefficient (Wildman–Crippen LogP) is 1.87. The van der Waals surface area contributed by atoms with E-state index in [2.05, 4.69) is 45.3 Å². The average molecular weight is 186 g/mol. The zero-order valence-corrected chi connectivity index (χ0v) is 9.85. The molecule has 13 heavy (non-hydrogen) atoms. The molecule has 0 aromatic heterocycles. The van der Waals surface area contributed by atoms with Gasteiger partial charge in [0.05, 0.1) is 0 Å². The maximum Gasteiger partial charge on any atom is 0.0164 e. The first-order chi connectivity index (χ1) is 6.02. The van der Waals surface area contributed by atoms with Crippen molar-refractivity contribution in [3.8, 4) is 0 Å². The lowest BCUT2D eigenvalue weighted by molar-refractivity contribution is 0.444. The van der Waals surface area contributed by atoms with Crippen LogP contribution < -0.4 is 10.6 Å². The molecule has 1 unspecified atom stereocenters. The lowest BCUT2D eigenvalue weighted by Gasteiger charge is -2.16. The standard InChI is InChI=1S/C11H26N2/c1-9(2)6-12-8-11(5)13-7-10(3)4/h9-13H,6-8H2,1-5H3. The summed E-state index contributed by atoms with van der Waals surface area (Å²) in [5.41, 5.74) is 0. The highest BCUT2D eigenvalue weighted by Crippen LogP contribution is 1.90. The molecular weight excluding hydrogens is 160 g/mol. The number of hydrogen-bond acceptors (Lipinski definition) is 2. The van der Waals surface area contributed by atoms with Crippen molar-refractivity contribution in [1.29, 1.82) is 0 Å². The van der Waals surface area contributed by atoms with Gasteiger partial charge in [0, 0.05) is 12.6 Å². The van der Waals surface area contributed by atoms with E-state index in [0.29, 0.717) is 6.04 Å². The topological polar surface area (TPSA) is 24.1 Å². The molecular formula is C11H26N2. The molecule has 0 aliphatic rings. The Labute approximate surface area is 83.5 Å². The molecule has 2 N–H and O–H groups in total. The quantitative estimate of drug-likeness (QED) is 0.634. The van der Waals surface area contributed by atoms with Crippen molar-refractivity contribution in [3.05, 3.63) is 0 Å². The summed E-state index contributed by atoms with van der Waals surface area (Å²) in [6.45, 7) is 14.5. The second-order valence-electron chi connectivity index (χ2n) is 4.76. The SMILES string of the molecule is CC(C)CNCC(C)NCC(C)C. The smallest absolute Gasteiger partial charge is 0.0164 e. The Morgan fingerprint density at radius 2 is 1.31 bits per heavy atom. The van der Waals surface area contributed by atoms with Crippen LogP contribution in [-0.4, -0.2) is 25.7 Å². The summed E-state index contributed by atoms with van der Waals surface area (Å²) in [6, 6.07) is 0.584. The summed E-state index contributed by atoms with van der Waals surface area (Å²) in [6.07, 6.45) is 0. The molecule has 80 valence electrons. The van der Waals surface area contributed by atoms with Gasteiger partial charge in [-0.2, -0.15) is 0 Å². The average Bonchev–Trinajstić information content (AvgIpc) is 2.00. The lowest BCUT2D eigenvalue weighted by Crippen LogP contribution is -2.39. The van der Waals surface area contributed by atoms with Crippen molar-refractivity contribution in [2.45, 2.75) is 40.7 Å². The van der Waals surface area contributed by atoms with Gasteiger partial charge in [-0.3, -0.25) is 0 Å². The zero-order valence-electron chi connectivity index (χ0n) is 9.85. The minimum absolute atomic E-state index is 0.584. The molecule has 2 nitrogen and oxygen atoms in total. The molecule has 0 aliphatic carbocycles. The Kier molecular flexibility index (Phi) is 7.29. The number of nitrogens with one attached hydrogen (secondary N) is 2. The van der Waals surface area contributed by atoms with E-state index in [-0.39, 0.29) is 0 Å². The third kappa shape index (κ3) is 9.84. The molecule has 0 aliphatic heterocycles. The Balaban J connectivity index is 3.25. The van der Waals surface area contributed by atoms with Crippen LogP contribution >= 0.6 is 0 Å². The van der Waals surface area contributed by atoms with Gasteiger partial charge < -0.3 is 10.6 Å². The molecule has 0 aromatic rings. The Morgan fingerprint density at radius 1 is 0.769 bits per heavy atom. The molecule has 0 saturated carbocycles. The highest BCUT2D eigenvalue weighted by atomic mass is 15.0. The minimum atomic E-state index is 0.584. The van der Waals surface area contributed by atoms with Gasteiger partial charge in [-0.25, -0.2) is 0 Å². The van der Waals surface area contributed by atoms with Crippen molar-refractivity contribution < 1.29 is 0 Å². The maximum absolute atomic E-state index is 3.49. The van der Waals surface area contributed by atoms with Crippen molar-refractivity contribution in [2.75, 3.05) is 19.6 Å². The summed E-state index contributed by atoms with van der Waals surface area (Å²) >= 11 is 0. The Bertz CT molecular complexity index is 111. The maximum atomic E-state index is 3.49. The van der Waals surface area contributed by atoms with E-state index in [1.165, 1.54) is 0 Å². The molecule has 0 radical (unpaired) electrons. The monoisotopic (exact) mass is 186 g/mol. The van der Waals surface area contributed by atoms with Crippen LogP contribution in [0.15, 0.2) is 0 Å². The minimum Gasteiger partial charge on any atom is -0.315 e. The third-order valence-electron chi connectivity index (χ3n) is 1.88. The van der Waals surface area contributed by atoms with E-state index >= 15 is 0 Å². The molecule has 0 amide bonds. The molecule has 0 bridgehead atoms. The highest BCUT2D eigenvalue weighted by Gasteiger charge is 2.01. The van der Waals surface area contributed by atoms with Crippen LogP contribution in [0, 0.1) is 11.8 Å². The summed E-state index contributed by atoms with van der Waals surface area (Å²) in [5, 5.41) is 6.94. The van der Waals surface area contributed by atoms with E-state index in [0.717, 1.165) is 31.5 Å². The second-order valence-corrected chi connectivity index (χ2v) is 4.76. The van der Waals surface area contributed by atoms with Gasteiger partial charge in [-0.15, -0.1) is 0 Å². The molecule has 0 aromatic carbocycles. The van der Waals surface area contributed by atoms with Crippen molar-refractivity contribution in [2.24, 2.45) is 11.8 Å². The first-order valence-corrected chi connectivity index (χ1v) is 5.46. The van der Waals surface area contributed by atoms with Crippen molar-refractivity contribution >= 4 is 0 Å². The van der Waals surface area contributed by atoms with E-state index in [4.69, 9.17) is 0 Å². The Morgan fingerprint density at radius 3 is 1.77 bits per heavy atom. The van der Waals surface area contributed by atoms with E-state index in [1.54, 1.807) is 0 Å². The molecule has 1 atom stereocenters. The second kappa shape index (κ2) is 7.34. The molecule has 0 fully saturated rings. The zero-order chi connectivity index (χ0) is 10.3. The fourth-order valence-corrected chi connectivity index (χ4v) is 1.10. The van der Waals surface area contributed by atoms with Gasteiger partial charge in [0.1, 0.15) is 0 Å². The van der Waals surface area contributed by atoms with Crippen molar-refractivity contribution in [1.82, 2.24) is 10.6 Å². The lowest BCUT2D eigenvalue weighted by atomic mass is 10.2. The molecule has 0 rings (SSSR count). The van der Waals surface area contributed by atoms with Crippen LogP contribution in [0.1, 0.15) is 34.6 Å². The Hall–Kier alpha value is -0.0800. The predicted molar refractivity (Wildman–Crippen MR) is 60.0 cm³/mol. The molecule has 2 heteroatoms. The first-order valence-electron chi connectivity index (χ1n) is 5.46. The largest absolute Gasteiger partial charge is 0.315 e. The van der Waals surface area contributed by atoms with Crippen LogP contribution in [-0.2, 0) is 0 Å². The van der Waals surface area contributed by atoms with Crippen LogP contribution in [0.3, 0.4) is 0 Å². The van der Waals surface area contributed by atoms with Gasteiger partial charge in [-0.1, -0.05) is 27.7 Å². The summed E-state index contributed by atoms with van der Waals surface area (Å²) < 4.78 is 0. The van der Waals surface area contributed by atoms with Gasteiger partial charge >= 0.3 is 0 Å². The van der Waals surface area contributed by atoms with Crippen LogP contribution in [0.5, 0.6) is 0 Å². The summed E-state index contributed by atoms with van der Waals surface area (Å²) in [7, 11) is 0. The van der Waals surface area contributed by atoms with Gasteiger partial charge in [0.25, 0.3) is 0 Å². The highest BCUT2D eigenvalue weighted by molar-refractivity contribution is 4.65. The normalized spacial score (nSPS) is 14.1. The van der Waals surface area contributed by atoms with E-state index < -0.39 is 0 Å². The first kappa shape index (κ1) is 12.9. The van der Waals surface area contributed by atoms with Gasteiger partial charge in [-0.05, 0) is 31.8 Å². The van der Waals surface area contributed by atoms with Gasteiger partial charge in [0.2, 0.25) is 0 Å².